The lowest BCUT2D eigenvalue weighted by atomic mass is 10.1. The first-order valence-corrected chi connectivity index (χ1v) is 10.7. The molecule has 0 bridgehead atoms. The van der Waals surface area contributed by atoms with Gasteiger partial charge in [-0.1, -0.05) is 23.7 Å². The standard InChI is InChI=1S/C16H7Br4ClN2O4/c17-11-9-10(12(18)14(20)13(11)19)16(26)23(15(9)25)22-8(24)5-27-7-4-2-1-3-6(7)21/h1-4H,5H2,(H,22,24). The molecule has 3 rings (SSSR count). The van der Waals surface area contributed by atoms with Crippen LogP contribution < -0.4 is 10.2 Å². The van der Waals surface area contributed by atoms with Crippen LogP contribution in [0.25, 0.3) is 0 Å². The van der Waals surface area contributed by atoms with E-state index in [1.165, 1.54) is 0 Å². The number of hydrogen-bond donors (Lipinski definition) is 1. The fourth-order valence-electron chi connectivity index (χ4n) is 2.31. The quantitative estimate of drug-likeness (QED) is 0.285. The van der Waals surface area contributed by atoms with E-state index in [2.05, 4.69) is 69.1 Å². The summed E-state index contributed by atoms with van der Waals surface area (Å²) in [5, 5.41) is 0.991. The summed E-state index contributed by atoms with van der Waals surface area (Å²) in [7, 11) is 0. The van der Waals surface area contributed by atoms with E-state index >= 15 is 0 Å². The van der Waals surface area contributed by atoms with Gasteiger partial charge in [0.15, 0.2) is 6.61 Å². The Kier molecular flexibility index (Phi) is 6.31. The zero-order valence-electron chi connectivity index (χ0n) is 13.0. The smallest absolute Gasteiger partial charge is 0.281 e. The summed E-state index contributed by atoms with van der Waals surface area (Å²) in [5.41, 5.74) is 2.53. The normalized spacial score (nSPS) is 13.0. The third kappa shape index (κ3) is 3.82. The van der Waals surface area contributed by atoms with Gasteiger partial charge in [0.25, 0.3) is 17.7 Å². The van der Waals surface area contributed by atoms with E-state index in [9.17, 15) is 14.4 Å². The molecule has 1 aliphatic rings. The highest BCUT2D eigenvalue weighted by Gasteiger charge is 2.42. The molecule has 0 saturated heterocycles. The number of hydrogen-bond acceptors (Lipinski definition) is 4. The maximum Gasteiger partial charge on any atom is 0.281 e. The molecular weight excluding hydrogens is 639 g/mol. The van der Waals surface area contributed by atoms with Gasteiger partial charge in [0, 0.05) is 17.9 Å². The molecule has 0 spiro atoms. The average Bonchev–Trinajstić information content (AvgIpc) is 2.89. The van der Waals surface area contributed by atoms with E-state index in [0.29, 0.717) is 33.7 Å². The summed E-state index contributed by atoms with van der Waals surface area (Å²) in [4.78, 5) is 37.5. The van der Waals surface area contributed by atoms with Crippen molar-refractivity contribution in [3.05, 3.63) is 58.3 Å². The second-order valence-corrected chi connectivity index (χ2v) is 8.78. The number of para-hydroxylation sites is 1. The molecular formula is C16H7Br4ClN2O4. The number of nitrogens with zero attached hydrogens (tertiary/aromatic N) is 1. The van der Waals surface area contributed by atoms with E-state index in [4.69, 9.17) is 16.3 Å². The number of halogens is 5. The predicted octanol–water partition coefficient (Wildman–Crippen LogP) is 5.10. The molecule has 3 amide bonds. The van der Waals surface area contributed by atoms with Crippen LogP contribution in [-0.2, 0) is 4.79 Å². The van der Waals surface area contributed by atoms with E-state index in [0.717, 1.165) is 0 Å². The molecule has 0 atom stereocenters. The summed E-state index contributed by atoms with van der Waals surface area (Å²) in [6.45, 7) is -0.424. The molecule has 2 aromatic carbocycles. The zero-order valence-corrected chi connectivity index (χ0v) is 20.1. The molecule has 0 radical (unpaired) electrons. The van der Waals surface area contributed by atoms with Crippen LogP contribution in [0.2, 0.25) is 5.02 Å². The van der Waals surface area contributed by atoms with Crippen LogP contribution >= 0.6 is 75.3 Å². The summed E-state index contributed by atoms with van der Waals surface area (Å²) in [6.07, 6.45) is 0. The minimum Gasteiger partial charge on any atom is -0.482 e. The average molecular weight is 646 g/mol. The molecule has 0 unspecified atom stereocenters. The second-order valence-electron chi connectivity index (χ2n) is 5.21. The van der Waals surface area contributed by atoms with Gasteiger partial charge in [0.2, 0.25) is 0 Å². The van der Waals surface area contributed by atoms with Crippen LogP contribution in [0, 0.1) is 0 Å². The summed E-state index contributed by atoms with van der Waals surface area (Å²) in [5.74, 6) is -1.70. The highest BCUT2D eigenvalue weighted by atomic mass is 79.9. The second kappa shape index (κ2) is 8.20. The van der Waals surface area contributed by atoms with Crippen molar-refractivity contribution in [3.63, 3.8) is 0 Å². The summed E-state index contributed by atoms with van der Waals surface area (Å²) in [6, 6.07) is 6.64. The largest absolute Gasteiger partial charge is 0.482 e. The SMILES string of the molecule is O=C(COc1ccccc1Cl)NN1C(=O)c2c(Br)c(Br)c(Br)c(Br)c2C1=O. The van der Waals surface area contributed by atoms with Gasteiger partial charge in [-0.3, -0.25) is 19.8 Å². The van der Waals surface area contributed by atoms with Gasteiger partial charge in [-0.2, -0.15) is 5.01 Å². The Labute approximate surface area is 192 Å². The lowest BCUT2D eigenvalue weighted by Gasteiger charge is -2.15. The molecule has 140 valence electrons. The summed E-state index contributed by atoms with van der Waals surface area (Å²) >= 11 is 19.2. The Morgan fingerprint density at radius 3 is 2.00 bits per heavy atom. The molecule has 0 aromatic heterocycles. The van der Waals surface area contributed by atoms with Gasteiger partial charge in [0.1, 0.15) is 5.75 Å². The van der Waals surface area contributed by atoms with Crippen molar-refractivity contribution >= 4 is 93.0 Å². The third-order valence-corrected chi connectivity index (χ3v) is 8.61. The van der Waals surface area contributed by atoms with Gasteiger partial charge < -0.3 is 4.74 Å². The molecule has 2 aromatic rings. The monoisotopic (exact) mass is 642 g/mol. The predicted molar refractivity (Wildman–Crippen MR) is 113 cm³/mol. The molecule has 11 heteroatoms. The number of ether oxygens (including phenoxy) is 1. The number of rotatable bonds is 4. The van der Waals surface area contributed by atoms with Gasteiger partial charge >= 0.3 is 0 Å². The van der Waals surface area contributed by atoms with Crippen molar-refractivity contribution in [2.24, 2.45) is 0 Å². The van der Waals surface area contributed by atoms with E-state index < -0.39 is 24.3 Å². The van der Waals surface area contributed by atoms with Crippen molar-refractivity contribution in [2.75, 3.05) is 6.61 Å². The Morgan fingerprint density at radius 1 is 0.963 bits per heavy atom. The molecule has 27 heavy (non-hydrogen) atoms. The van der Waals surface area contributed by atoms with Crippen LogP contribution in [0.5, 0.6) is 5.75 Å². The maximum atomic E-state index is 12.6. The first-order valence-electron chi connectivity index (χ1n) is 7.15. The number of hydrazine groups is 1. The Bertz CT molecular complexity index is 952. The van der Waals surface area contributed by atoms with Crippen molar-refractivity contribution in [3.8, 4) is 5.75 Å². The molecule has 6 nitrogen and oxygen atoms in total. The fourth-order valence-corrected chi connectivity index (χ4v) is 4.96. The number of amides is 3. The Hall–Kier alpha value is -0.940. The first kappa shape index (κ1) is 20.8. The van der Waals surface area contributed by atoms with Crippen molar-refractivity contribution < 1.29 is 19.1 Å². The molecule has 1 N–H and O–H groups in total. The zero-order chi connectivity index (χ0) is 19.9. The lowest BCUT2D eigenvalue weighted by molar-refractivity contribution is -0.126. The minimum absolute atomic E-state index is 0.134. The van der Waals surface area contributed by atoms with Crippen LogP contribution in [0.15, 0.2) is 42.2 Å². The first-order chi connectivity index (χ1) is 12.7. The number of imide groups is 1. The van der Waals surface area contributed by atoms with Crippen LogP contribution in [-0.4, -0.2) is 29.3 Å². The highest BCUT2D eigenvalue weighted by molar-refractivity contribution is 9.15. The number of fused-ring (bicyclic) bond motifs is 1. The number of nitrogens with one attached hydrogen (secondary N) is 1. The van der Waals surface area contributed by atoms with Gasteiger partial charge in [-0.25, -0.2) is 0 Å². The number of carbonyl (C=O) groups excluding carboxylic acids is 3. The summed E-state index contributed by atoms with van der Waals surface area (Å²) < 4.78 is 7.23. The van der Waals surface area contributed by atoms with Gasteiger partial charge in [-0.05, 0) is 75.9 Å². The van der Waals surface area contributed by atoms with Crippen LogP contribution in [0.3, 0.4) is 0 Å². The van der Waals surface area contributed by atoms with Gasteiger partial charge in [0.05, 0.1) is 16.1 Å². The van der Waals surface area contributed by atoms with Crippen molar-refractivity contribution in [2.45, 2.75) is 0 Å². The molecule has 1 heterocycles. The van der Waals surface area contributed by atoms with E-state index in [1.54, 1.807) is 24.3 Å². The molecule has 0 aliphatic carbocycles. The Balaban J connectivity index is 1.79. The molecule has 0 saturated carbocycles. The highest BCUT2D eigenvalue weighted by Crippen LogP contribution is 2.44. The number of benzene rings is 2. The minimum atomic E-state index is -0.685. The van der Waals surface area contributed by atoms with Gasteiger partial charge in [-0.15, -0.1) is 0 Å². The van der Waals surface area contributed by atoms with Crippen LogP contribution in [0.4, 0.5) is 0 Å². The molecule has 0 fully saturated rings. The van der Waals surface area contributed by atoms with E-state index in [-0.39, 0.29) is 11.1 Å². The lowest BCUT2D eigenvalue weighted by Crippen LogP contribution is -2.47. The van der Waals surface area contributed by atoms with Crippen LogP contribution in [0.1, 0.15) is 20.7 Å². The fraction of sp³-hybridized carbons (Fsp3) is 0.0625. The van der Waals surface area contributed by atoms with E-state index in [1.807, 2.05) is 0 Å². The van der Waals surface area contributed by atoms with Crippen molar-refractivity contribution in [1.29, 1.82) is 0 Å². The number of carbonyl (C=O) groups is 3. The maximum absolute atomic E-state index is 12.6. The van der Waals surface area contributed by atoms with Crippen molar-refractivity contribution in [1.82, 2.24) is 10.4 Å². The Morgan fingerprint density at radius 2 is 1.48 bits per heavy atom. The molecule has 1 aliphatic heterocycles. The topological polar surface area (TPSA) is 75.7 Å². The third-order valence-electron chi connectivity index (χ3n) is 3.53.